The Morgan fingerprint density at radius 2 is 2.03 bits per heavy atom. The van der Waals surface area contributed by atoms with Crippen LogP contribution in [-0.4, -0.2) is 66.3 Å². The second-order valence-electron chi connectivity index (χ2n) is 7.19. The van der Waals surface area contributed by atoms with Crippen LogP contribution in [0, 0.1) is 5.92 Å². The van der Waals surface area contributed by atoms with Crippen LogP contribution >= 0.6 is 11.3 Å². The first-order valence-electron chi connectivity index (χ1n) is 10.1. The van der Waals surface area contributed by atoms with Crippen LogP contribution in [0.1, 0.15) is 36.2 Å². The second-order valence-corrected chi connectivity index (χ2v) is 8.14. The summed E-state index contributed by atoms with van der Waals surface area (Å²) in [4.78, 5) is 27.2. The number of hydrogen-bond acceptors (Lipinski definition) is 7. The molecule has 8 nitrogen and oxygen atoms in total. The van der Waals surface area contributed by atoms with Crippen molar-refractivity contribution in [3.05, 3.63) is 29.3 Å². The Morgan fingerprint density at radius 3 is 2.79 bits per heavy atom. The highest BCUT2D eigenvalue weighted by molar-refractivity contribution is 7.13. The van der Waals surface area contributed by atoms with Crippen LogP contribution in [0.4, 0.5) is 0 Å². The summed E-state index contributed by atoms with van der Waals surface area (Å²) in [5.41, 5.74) is 0.303. The zero-order chi connectivity index (χ0) is 20.5. The number of aliphatic hydroxyl groups excluding tert-OH is 1. The molecule has 29 heavy (non-hydrogen) atoms. The van der Waals surface area contributed by atoms with Crippen molar-refractivity contribution < 1.29 is 19.2 Å². The zero-order valence-corrected chi connectivity index (χ0v) is 17.2. The Hall–Kier alpha value is -2.23. The van der Waals surface area contributed by atoms with Crippen LogP contribution in [0.3, 0.4) is 0 Å². The van der Waals surface area contributed by atoms with Gasteiger partial charge >= 0.3 is 0 Å². The van der Waals surface area contributed by atoms with Gasteiger partial charge in [-0.1, -0.05) is 17.6 Å². The van der Waals surface area contributed by atoms with E-state index in [0.29, 0.717) is 31.0 Å². The highest BCUT2D eigenvalue weighted by Crippen LogP contribution is 2.25. The number of nitrogens with one attached hydrogen (secondary N) is 2. The van der Waals surface area contributed by atoms with E-state index in [-0.39, 0.29) is 24.3 Å². The average molecular weight is 421 g/mol. The number of carbonyl (C=O) groups is 2. The smallest absolute Gasteiger partial charge is 0.273 e. The van der Waals surface area contributed by atoms with Gasteiger partial charge in [0.05, 0.1) is 10.8 Å². The molecule has 2 amide bonds. The summed E-state index contributed by atoms with van der Waals surface area (Å²) < 4.78 is 5.23. The lowest BCUT2D eigenvalue weighted by Gasteiger charge is -2.38. The molecule has 0 bridgehead atoms. The first-order chi connectivity index (χ1) is 14.2. The standard InChI is InChI=1S/C20H28N4O4S/c25-10-5-8-21-19(26)15-13-24(14-15)9-3-1-2-7-22-20(27)16-12-17(28-23-16)18-6-4-11-29-18/h4,6,11-12,15,25H,1-3,5,7-10,13-14H2,(H,21,26)(H,22,27). The van der Waals surface area contributed by atoms with Crippen molar-refractivity contribution in [3.63, 3.8) is 0 Å². The molecule has 1 aliphatic rings. The van der Waals surface area contributed by atoms with Crippen LogP contribution in [0.15, 0.2) is 28.1 Å². The van der Waals surface area contributed by atoms with Crippen molar-refractivity contribution in [1.82, 2.24) is 20.7 Å². The third kappa shape index (κ3) is 6.38. The van der Waals surface area contributed by atoms with Crippen molar-refractivity contribution in [2.75, 3.05) is 39.3 Å². The monoisotopic (exact) mass is 420 g/mol. The van der Waals surface area contributed by atoms with Crippen LogP contribution in [0.25, 0.3) is 10.6 Å². The van der Waals surface area contributed by atoms with E-state index in [1.165, 1.54) is 0 Å². The molecule has 0 aliphatic carbocycles. The van der Waals surface area contributed by atoms with E-state index in [1.54, 1.807) is 17.4 Å². The predicted octanol–water partition coefficient (Wildman–Crippen LogP) is 1.73. The van der Waals surface area contributed by atoms with E-state index >= 15 is 0 Å². The summed E-state index contributed by atoms with van der Waals surface area (Å²) in [6.45, 7) is 3.84. The lowest BCUT2D eigenvalue weighted by Crippen LogP contribution is -2.53. The van der Waals surface area contributed by atoms with Crippen LogP contribution < -0.4 is 10.6 Å². The average Bonchev–Trinajstić information content (AvgIpc) is 3.37. The number of nitrogens with zero attached hydrogens (tertiary/aromatic N) is 2. The molecule has 1 aliphatic heterocycles. The molecule has 1 saturated heterocycles. The number of aliphatic hydroxyl groups is 1. The lowest BCUT2D eigenvalue weighted by molar-refractivity contribution is -0.130. The van der Waals surface area contributed by atoms with E-state index in [2.05, 4.69) is 20.7 Å². The summed E-state index contributed by atoms with van der Waals surface area (Å²) in [7, 11) is 0. The summed E-state index contributed by atoms with van der Waals surface area (Å²) in [6.07, 6.45) is 3.57. The molecule has 2 aromatic rings. The number of amides is 2. The van der Waals surface area contributed by atoms with E-state index in [1.807, 2.05) is 17.5 Å². The molecule has 3 heterocycles. The maximum Gasteiger partial charge on any atom is 0.273 e. The molecule has 0 aromatic carbocycles. The summed E-state index contributed by atoms with van der Waals surface area (Å²) in [6, 6.07) is 5.52. The molecule has 0 atom stereocenters. The highest BCUT2D eigenvalue weighted by Gasteiger charge is 2.31. The topological polar surface area (TPSA) is 108 Å². The van der Waals surface area contributed by atoms with Gasteiger partial charge in [0.15, 0.2) is 11.5 Å². The lowest BCUT2D eigenvalue weighted by atomic mass is 9.98. The molecule has 158 valence electrons. The number of thiophene rings is 1. The van der Waals surface area contributed by atoms with Gasteiger partial charge in [0.1, 0.15) is 0 Å². The van der Waals surface area contributed by atoms with Gasteiger partial charge in [0.25, 0.3) is 5.91 Å². The first-order valence-corrected chi connectivity index (χ1v) is 10.9. The molecule has 3 rings (SSSR count). The van der Waals surface area contributed by atoms with Crippen molar-refractivity contribution in [2.24, 2.45) is 5.92 Å². The minimum Gasteiger partial charge on any atom is -0.396 e. The van der Waals surface area contributed by atoms with Crippen molar-refractivity contribution >= 4 is 23.2 Å². The number of unbranched alkanes of at least 4 members (excludes halogenated alkanes) is 2. The minimum atomic E-state index is -0.214. The maximum atomic E-state index is 12.1. The fourth-order valence-electron chi connectivity index (χ4n) is 3.20. The van der Waals surface area contributed by atoms with E-state index in [4.69, 9.17) is 9.63 Å². The third-order valence-electron chi connectivity index (χ3n) is 4.91. The van der Waals surface area contributed by atoms with Gasteiger partial charge in [-0.2, -0.15) is 0 Å². The molecule has 9 heteroatoms. The van der Waals surface area contributed by atoms with Gasteiger partial charge in [-0.05, 0) is 37.3 Å². The Morgan fingerprint density at radius 1 is 1.21 bits per heavy atom. The van der Waals surface area contributed by atoms with Gasteiger partial charge in [-0.3, -0.25) is 9.59 Å². The van der Waals surface area contributed by atoms with Crippen molar-refractivity contribution in [2.45, 2.75) is 25.7 Å². The Labute approximate surface area is 174 Å². The molecule has 0 unspecified atom stereocenters. The number of rotatable bonds is 12. The first kappa shape index (κ1) is 21.5. The van der Waals surface area contributed by atoms with Crippen LogP contribution in [0.2, 0.25) is 0 Å². The Kier molecular flexibility index (Phi) is 8.21. The van der Waals surface area contributed by atoms with E-state index < -0.39 is 0 Å². The molecular weight excluding hydrogens is 392 g/mol. The maximum absolute atomic E-state index is 12.1. The fraction of sp³-hybridized carbons (Fsp3) is 0.550. The van der Waals surface area contributed by atoms with Crippen molar-refractivity contribution in [1.29, 1.82) is 0 Å². The van der Waals surface area contributed by atoms with Gasteiger partial charge in [0, 0.05) is 38.9 Å². The number of hydrogen-bond donors (Lipinski definition) is 3. The van der Waals surface area contributed by atoms with Gasteiger partial charge in [-0.15, -0.1) is 11.3 Å². The third-order valence-corrected chi connectivity index (χ3v) is 5.79. The summed E-state index contributed by atoms with van der Waals surface area (Å²) >= 11 is 1.54. The second kappa shape index (κ2) is 11.1. The van der Waals surface area contributed by atoms with Crippen LogP contribution in [0.5, 0.6) is 0 Å². The number of likely N-dealkylation sites (tertiary alicyclic amines) is 1. The molecule has 2 aromatic heterocycles. The molecule has 0 spiro atoms. The molecular formula is C20H28N4O4S. The molecule has 1 fully saturated rings. The number of carbonyl (C=O) groups excluding carboxylic acids is 2. The molecule has 0 saturated carbocycles. The van der Waals surface area contributed by atoms with Gasteiger partial charge in [-0.25, -0.2) is 0 Å². The van der Waals surface area contributed by atoms with E-state index in [0.717, 1.165) is 43.8 Å². The normalized spacial score (nSPS) is 14.5. The van der Waals surface area contributed by atoms with Crippen LogP contribution in [-0.2, 0) is 4.79 Å². The fourth-order valence-corrected chi connectivity index (χ4v) is 3.87. The Bertz CT molecular complexity index is 771. The minimum absolute atomic E-state index is 0.0782. The largest absolute Gasteiger partial charge is 0.396 e. The molecule has 3 N–H and O–H groups in total. The summed E-state index contributed by atoms with van der Waals surface area (Å²) in [5, 5.41) is 20.2. The van der Waals surface area contributed by atoms with Gasteiger partial charge in [0.2, 0.25) is 5.91 Å². The van der Waals surface area contributed by atoms with Gasteiger partial charge < -0.3 is 25.2 Å². The predicted molar refractivity (Wildman–Crippen MR) is 111 cm³/mol. The molecule has 0 radical (unpaired) electrons. The van der Waals surface area contributed by atoms with E-state index in [9.17, 15) is 9.59 Å². The highest BCUT2D eigenvalue weighted by atomic mass is 32.1. The SMILES string of the molecule is O=C(NCCCCCN1CC(C(=O)NCCCO)C1)c1cc(-c2cccs2)on1. The quantitative estimate of drug-likeness (QED) is 0.452. The Balaban J connectivity index is 1.21. The number of aromatic nitrogens is 1. The van der Waals surface area contributed by atoms with Crippen molar-refractivity contribution in [3.8, 4) is 10.6 Å². The zero-order valence-electron chi connectivity index (χ0n) is 16.4. The summed E-state index contributed by atoms with van der Waals surface area (Å²) in [5.74, 6) is 0.566.